The maximum absolute atomic E-state index is 9.85. The van der Waals surface area contributed by atoms with Gasteiger partial charge < -0.3 is 19.7 Å². The normalized spacial score (nSPS) is 11.5. The molecule has 0 radical (unpaired) electrons. The molecule has 0 atom stereocenters. The first-order valence-corrected chi connectivity index (χ1v) is 12.4. The second kappa shape index (κ2) is 16.6. The number of ether oxygens (including phenoxy) is 2. The van der Waals surface area contributed by atoms with Crippen molar-refractivity contribution in [1.29, 1.82) is 0 Å². The Morgan fingerprint density at radius 3 is 1.29 bits per heavy atom. The Bertz CT molecular complexity index is 822. The summed E-state index contributed by atoms with van der Waals surface area (Å²) in [5.41, 5.74) is 1.39. The lowest BCUT2D eigenvalue weighted by Crippen LogP contribution is -1.90. The molecule has 0 amide bonds. The molecule has 0 aliphatic carbocycles. The van der Waals surface area contributed by atoms with Crippen molar-refractivity contribution >= 4 is 12.4 Å². The van der Waals surface area contributed by atoms with Crippen LogP contribution >= 0.6 is 0 Å². The number of nitrogens with zero attached hydrogens (tertiary/aromatic N) is 2. The molecule has 0 saturated carbocycles. The highest BCUT2D eigenvalue weighted by atomic mass is 16.5. The first-order chi connectivity index (χ1) is 16.6. The minimum absolute atomic E-state index is 0.228. The van der Waals surface area contributed by atoms with Crippen molar-refractivity contribution in [3.05, 3.63) is 47.5 Å². The number of aliphatic imine (C=N–C) groups is 2. The Hall–Kier alpha value is -3.02. The Balaban J connectivity index is 1.41. The Morgan fingerprint density at radius 2 is 0.941 bits per heavy atom. The van der Waals surface area contributed by atoms with Gasteiger partial charge in [0.05, 0.1) is 14.2 Å². The van der Waals surface area contributed by atoms with E-state index in [2.05, 4.69) is 9.98 Å². The highest BCUT2D eigenvalue weighted by molar-refractivity contribution is 5.84. The van der Waals surface area contributed by atoms with Crippen molar-refractivity contribution in [3.8, 4) is 23.0 Å². The van der Waals surface area contributed by atoms with Crippen LogP contribution in [-0.4, -0.2) is 50.0 Å². The van der Waals surface area contributed by atoms with Crippen LogP contribution in [0.3, 0.4) is 0 Å². The molecule has 2 aromatic rings. The van der Waals surface area contributed by atoms with Crippen LogP contribution < -0.4 is 9.47 Å². The van der Waals surface area contributed by atoms with E-state index >= 15 is 0 Å². The molecule has 0 bridgehead atoms. The van der Waals surface area contributed by atoms with Gasteiger partial charge in [-0.1, -0.05) is 51.4 Å². The molecule has 0 spiro atoms. The molecule has 2 rings (SSSR count). The van der Waals surface area contributed by atoms with Crippen LogP contribution in [0, 0.1) is 0 Å². The van der Waals surface area contributed by atoms with Crippen LogP contribution in [0.5, 0.6) is 23.0 Å². The van der Waals surface area contributed by atoms with Crippen LogP contribution in [0.1, 0.15) is 75.3 Å². The molecule has 6 nitrogen and oxygen atoms in total. The number of hydrogen-bond donors (Lipinski definition) is 2. The standard InChI is InChI=1S/C28H40N2O4/c1-33-25-13-15-27(31)23(19-25)21-29-17-11-9-7-5-3-4-6-8-10-12-18-30-22-24-20-26(34-2)14-16-28(24)32/h13-16,19-22,31-32H,3-12,17-18H2,1-2H3. The first-order valence-electron chi connectivity index (χ1n) is 12.4. The van der Waals surface area contributed by atoms with Crippen LogP contribution in [0.15, 0.2) is 46.4 Å². The number of rotatable bonds is 17. The van der Waals surface area contributed by atoms with Gasteiger partial charge in [0.2, 0.25) is 0 Å². The van der Waals surface area contributed by atoms with Crippen LogP contribution in [0.4, 0.5) is 0 Å². The number of methoxy groups -OCH3 is 2. The largest absolute Gasteiger partial charge is 0.507 e. The average Bonchev–Trinajstić information content (AvgIpc) is 2.85. The van der Waals surface area contributed by atoms with E-state index in [9.17, 15) is 10.2 Å². The zero-order valence-corrected chi connectivity index (χ0v) is 20.7. The van der Waals surface area contributed by atoms with Gasteiger partial charge in [-0.3, -0.25) is 9.98 Å². The molecule has 0 aliphatic heterocycles. The topological polar surface area (TPSA) is 83.6 Å². The minimum atomic E-state index is 0.228. The van der Waals surface area contributed by atoms with Gasteiger partial charge in [0.15, 0.2) is 0 Å². The van der Waals surface area contributed by atoms with Crippen LogP contribution in [0.25, 0.3) is 0 Å². The summed E-state index contributed by atoms with van der Waals surface area (Å²) in [5.74, 6) is 1.90. The second-order valence-electron chi connectivity index (χ2n) is 8.46. The van der Waals surface area contributed by atoms with Crippen molar-refractivity contribution in [1.82, 2.24) is 0 Å². The quantitative estimate of drug-likeness (QED) is 0.204. The molecule has 2 aromatic carbocycles. The van der Waals surface area contributed by atoms with Crippen molar-refractivity contribution in [2.45, 2.75) is 64.2 Å². The van der Waals surface area contributed by atoms with E-state index in [-0.39, 0.29) is 11.5 Å². The molecule has 0 heterocycles. The number of unbranched alkanes of at least 4 members (excludes halogenated alkanes) is 9. The third-order valence-corrected chi connectivity index (χ3v) is 5.75. The van der Waals surface area contributed by atoms with Gasteiger partial charge in [-0.15, -0.1) is 0 Å². The lowest BCUT2D eigenvalue weighted by atomic mass is 10.1. The third kappa shape index (κ3) is 10.7. The fourth-order valence-corrected chi connectivity index (χ4v) is 3.67. The number of aromatic hydroxyl groups is 2. The molecule has 186 valence electrons. The summed E-state index contributed by atoms with van der Waals surface area (Å²) in [4.78, 5) is 8.86. The van der Waals surface area contributed by atoms with Gasteiger partial charge in [-0.05, 0) is 49.2 Å². The fourth-order valence-electron chi connectivity index (χ4n) is 3.67. The van der Waals surface area contributed by atoms with E-state index in [1.54, 1.807) is 63.0 Å². The summed E-state index contributed by atoms with van der Waals surface area (Å²) in [6.07, 6.45) is 15.7. The summed E-state index contributed by atoms with van der Waals surface area (Å²) < 4.78 is 10.3. The van der Waals surface area contributed by atoms with E-state index in [4.69, 9.17) is 9.47 Å². The Kier molecular flexibility index (Phi) is 13.3. The highest BCUT2D eigenvalue weighted by Crippen LogP contribution is 2.22. The van der Waals surface area contributed by atoms with Crippen molar-refractivity contribution in [2.24, 2.45) is 9.98 Å². The van der Waals surface area contributed by atoms with E-state index < -0.39 is 0 Å². The van der Waals surface area contributed by atoms with Gasteiger partial charge in [0, 0.05) is 36.6 Å². The first kappa shape index (κ1) is 27.2. The van der Waals surface area contributed by atoms with Crippen molar-refractivity contribution < 1.29 is 19.7 Å². The molecule has 0 aromatic heterocycles. The van der Waals surface area contributed by atoms with E-state index in [0.29, 0.717) is 11.1 Å². The van der Waals surface area contributed by atoms with Gasteiger partial charge in [-0.2, -0.15) is 0 Å². The monoisotopic (exact) mass is 468 g/mol. The average molecular weight is 469 g/mol. The number of phenols is 2. The summed E-state index contributed by atoms with van der Waals surface area (Å²) >= 11 is 0. The highest BCUT2D eigenvalue weighted by Gasteiger charge is 2.01. The summed E-state index contributed by atoms with van der Waals surface area (Å²) in [6.45, 7) is 1.58. The molecular weight excluding hydrogens is 428 g/mol. The SMILES string of the molecule is COc1ccc(O)c(C=NCCCCCCCCCCCCN=Cc2cc(OC)ccc2O)c1. The number of phenolic OH excluding ortho intramolecular Hbond substituents is 2. The Morgan fingerprint density at radius 1 is 0.588 bits per heavy atom. The molecule has 0 unspecified atom stereocenters. The minimum Gasteiger partial charge on any atom is -0.507 e. The van der Waals surface area contributed by atoms with Crippen molar-refractivity contribution in [3.63, 3.8) is 0 Å². The Labute approximate surface area is 204 Å². The number of hydrogen-bond acceptors (Lipinski definition) is 6. The zero-order chi connectivity index (χ0) is 24.4. The van der Waals surface area contributed by atoms with Crippen molar-refractivity contribution in [2.75, 3.05) is 27.3 Å². The molecule has 0 saturated heterocycles. The fraction of sp³-hybridized carbons (Fsp3) is 0.500. The third-order valence-electron chi connectivity index (χ3n) is 5.75. The lowest BCUT2D eigenvalue weighted by molar-refractivity contribution is 0.412. The summed E-state index contributed by atoms with van der Waals surface area (Å²) in [6, 6.07) is 10.3. The summed E-state index contributed by atoms with van der Waals surface area (Å²) in [7, 11) is 3.23. The van der Waals surface area contributed by atoms with Gasteiger partial charge in [0.1, 0.15) is 23.0 Å². The predicted octanol–water partition coefficient (Wildman–Crippen LogP) is 6.55. The summed E-state index contributed by atoms with van der Waals surface area (Å²) in [5, 5.41) is 19.7. The second-order valence-corrected chi connectivity index (χ2v) is 8.46. The molecule has 6 heteroatoms. The van der Waals surface area contributed by atoms with Gasteiger partial charge >= 0.3 is 0 Å². The molecule has 0 fully saturated rings. The van der Waals surface area contributed by atoms with Gasteiger partial charge in [-0.25, -0.2) is 0 Å². The molecular formula is C28H40N2O4. The van der Waals surface area contributed by atoms with Crippen LogP contribution in [0.2, 0.25) is 0 Å². The van der Waals surface area contributed by atoms with E-state index in [0.717, 1.165) is 37.4 Å². The maximum Gasteiger partial charge on any atom is 0.124 e. The van der Waals surface area contributed by atoms with Gasteiger partial charge in [0.25, 0.3) is 0 Å². The van der Waals surface area contributed by atoms with E-state index in [1.165, 1.54) is 51.4 Å². The van der Waals surface area contributed by atoms with Crippen LogP contribution in [-0.2, 0) is 0 Å². The predicted molar refractivity (Wildman–Crippen MR) is 140 cm³/mol. The number of benzene rings is 2. The zero-order valence-electron chi connectivity index (χ0n) is 20.7. The smallest absolute Gasteiger partial charge is 0.124 e. The van der Waals surface area contributed by atoms with E-state index in [1.807, 2.05) is 0 Å². The maximum atomic E-state index is 9.85. The molecule has 2 N–H and O–H groups in total. The lowest BCUT2D eigenvalue weighted by Gasteiger charge is -2.03. The molecule has 34 heavy (non-hydrogen) atoms. The molecule has 0 aliphatic rings.